The first-order valence-electron chi connectivity index (χ1n) is 11.0. The van der Waals surface area contributed by atoms with Crippen LogP contribution in [0.3, 0.4) is 0 Å². The van der Waals surface area contributed by atoms with Gasteiger partial charge < -0.3 is 5.11 Å². The Kier molecular flexibility index (Phi) is 7.12. The fourth-order valence-corrected chi connectivity index (χ4v) is 5.47. The van der Waals surface area contributed by atoms with Crippen LogP contribution in [0.5, 0.6) is 0 Å². The monoisotopic (exact) mass is 531 g/mol. The Hall–Kier alpha value is -4.06. The quantitative estimate of drug-likeness (QED) is 0.366. The summed E-state index contributed by atoms with van der Waals surface area (Å²) in [4.78, 5) is 24.4. The van der Waals surface area contributed by atoms with E-state index in [1.54, 1.807) is 36.4 Å². The highest BCUT2D eigenvalue weighted by Gasteiger charge is 2.33. The van der Waals surface area contributed by atoms with Crippen molar-refractivity contribution in [3.05, 3.63) is 94.3 Å². The van der Waals surface area contributed by atoms with Crippen LogP contribution in [0.15, 0.2) is 77.6 Å². The Balaban J connectivity index is 1.48. The molecule has 0 aliphatic carbocycles. The maximum absolute atomic E-state index is 12.9. The number of aliphatic carboxylic acids is 1. The van der Waals surface area contributed by atoms with Crippen molar-refractivity contribution >= 4 is 26.7 Å². The van der Waals surface area contributed by atoms with Crippen molar-refractivity contribution in [3.63, 3.8) is 0 Å². The summed E-state index contributed by atoms with van der Waals surface area (Å²) < 4.78 is 65.1. The van der Waals surface area contributed by atoms with E-state index in [0.717, 1.165) is 16.8 Å². The number of nitrogens with zero attached hydrogens (tertiary/aromatic N) is 3. The fourth-order valence-electron chi connectivity index (χ4n) is 3.84. The van der Waals surface area contributed by atoms with Crippen molar-refractivity contribution in [1.29, 1.82) is 0 Å². The molecule has 4 rings (SSSR count). The third-order valence-electron chi connectivity index (χ3n) is 5.81. The number of hydrogen-bond acceptors (Lipinski definition) is 6. The Morgan fingerprint density at radius 2 is 1.54 bits per heavy atom. The van der Waals surface area contributed by atoms with E-state index in [1.165, 1.54) is 24.3 Å². The van der Waals surface area contributed by atoms with Crippen molar-refractivity contribution < 1.29 is 31.5 Å². The molecule has 0 aliphatic heterocycles. The predicted octanol–water partition coefficient (Wildman–Crippen LogP) is 3.94. The molecule has 4 aromatic rings. The van der Waals surface area contributed by atoms with Gasteiger partial charge in [0, 0.05) is 6.54 Å². The molecule has 0 saturated heterocycles. The first-order valence-corrected chi connectivity index (χ1v) is 12.7. The number of aromatic nitrogens is 3. The zero-order chi connectivity index (χ0) is 26.8. The van der Waals surface area contributed by atoms with Crippen molar-refractivity contribution in [2.24, 2.45) is 0 Å². The number of aryl methyl sites for hydroxylation is 1. The Labute approximate surface area is 208 Å². The number of carboxylic acids is 1. The van der Waals surface area contributed by atoms with Gasteiger partial charge in [-0.15, -0.1) is 5.10 Å². The van der Waals surface area contributed by atoms with Crippen LogP contribution in [0.2, 0.25) is 0 Å². The lowest BCUT2D eigenvalue weighted by Gasteiger charge is -2.14. The second-order valence-corrected chi connectivity index (χ2v) is 10.5. The molecule has 1 unspecified atom stereocenters. The van der Waals surface area contributed by atoms with E-state index in [9.17, 15) is 36.3 Å². The van der Waals surface area contributed by atoms with Crippen molar-refractivity contribution in [2.75, 3.05) is 0 Å². The van der Waals surface area contributed by atoms with Crippen LogP contribution in [0.4, 0.5) is 13.2 Å². The minimum Gasteiger partial charge on any atom is -0.480 e. The van der Waals surface area contributed by atoms with Crippen LogP contribution in [-0.2, 0) is 33.1 Å². The van der Waals surface area contributed by atoms with Gasteiger partial charge in [-0.05, 0) is 47.4 Å². The summed E-state index contributed by atoms with van der Waals surface area (Å²) in [5.74, 6) is -2.13. The number of fused-ring (bicyclic) bond motifs is 1. The Bertz CT molecular complexity index is 1600. The first kappa shape index (κ1) is 26.0. The second-order valence-electron chi connectivity index (χ2n) is 8.33. The maximum Gasteiger partial charge on any atom is 0.416 e. The van der Waals surface area contributed by atoms with Gasteiger partial charge in [0.05, 0.1) is 16.7 Å². The lowest BCUT2D eigenvalue weighted by atomic mass is 10.0. The van der Waals surface area contributed by atoms with Gasteiger partial charge in [0.25, 0.3) is 5.56 Å². The maximum atomic E-state index is 12.9. The van der Waals surface area contributed by atoms with Gasteiger partial charge in [0.2, 0.25) is 0 Å². The highest BCUT2D eigenvalue weighted by molar-refractivity contribution is 7.92. The number of carbonyl (C=O) groups is 1. The van der Waals surface area contributed by atoms with Crippen LogP contribution in [-0.4, -0.2) is 39.7 Å². The van der Waals surface area contributed by atoms with Crippen LogP contribution < -0.4 is 5.56 Å². The van der Waals surface area contributed by atoms with Gasteiger partial charge in [-0.1, -0.05) is 53.7 Å². The fraction of sp³-hybridized carbons (Fsp3) is 0.200. The summed E-state index contributed by atoms with van der Waals surface area (Å²) in [5.41, 5.74) is 0.462. The van der Waals surface area contributed by atoms with Crippen molar-refractivity contribution in [1.82, 2.24) is 15.0 Å². The Morgan fingerprint density at radius 1 is 0.946 bits per heavy atom. The predicted molar refractivity (Wildman–Crippen MR) is 129 cm³/mol. The zero-order valence-electron chi connectivity index (χ0n) is 19.1. The van der Waals surface area contributed by atoms with E-state index in [-0.39, 0.29) is 11.9 Å². The number of carboxylic acid groups (broad SMARTS) is 1. The van der Waals surface area contributed by atoms with E-state index < -0.39 is 50.5 Å². The van der Waals surface area contributed by atoms with E-state index in [1.807, 2.05) is 0 Å². The Morgan fingerprint density at radius 3 is 2.14 bits per heavy atom. The molecule has 192 valence electrons. The minimum atomic E-state index is -4.45. The third kappa shape index (κ3) is 5.85. The molecule has 8 nitrogen and oxygen atoms in total. The number of benzene rings is 3. The summed E-state index contributed by atoms with van der Waals surface area (Å²) in [7, 11) is -4.19. The summed E-state index contributed by atoms with van der Waals surface area (Å²) in [5, 5.41) is 15.8. The third-order valence-corrected chi connectivity index (χ3v) is 7.85. The van der Waals surface area contributed by atoms with Gasteiger partial charge in [0.15, 0.2) is 15.1 Å². The number of hydrogen-bond donors (Lipinski definition) is 1. The standard InChI is InChI=1S/C25H20F3N3O5S/c26-25(27,28)19-11-9-18(10-12-19)17-7-5-16(6-8-17)15-37(35,36)22(24(33)34)13-14-31-23(32)20-3-1-2-4-21(20)29-30-31/h1-12,22H,13-15H2,(H,33,34). The van der Waals surface area contributed by atoms with E-state index in [4.69, 9.17) is 0 Å². The molecule has 0 saturated carbocycles. The van der Waals surface area contributed by atoms with E-state index in [0.29, 0.717) is 22.2 Å². The van der Waals surface area contributed by atoms with Gasteiger partial charge in [-0.25, -0.2) is 13.1 Å². The second kappa shape index (κ2) is 10.1. The molecule has 37 heavy (non-hydrogen) atoms. The number of rotatable bonds is 8. The summed E-state index contributed by atoms with van der Waals surface area (Å²) in [6, 6.07) is 17.1. The topological polar surface area (TPSA) is 119 Å². The zero-order valence-corrected chi connectivity index (χ0v) is 19.9. The molecule has 0 spiro atoms. The highest BCUT2D eigenvalue weighted by Crippen LogP contribution is 2.31. The van der Waals surface area contributed by atoms with Crippen LogP contribution in [0, 0.1) is 0 Å². The van der Waals surface area contributed by atoms with E-state index >= 15 is 0 Å². The summed E-state index contributed by atoms with van der Waals surface area (Å²) in [6.07, 6.45) is -4.85. The molecule has 3 aromatic carbocycles. The molecule has 1 atom stereocenters. The van der Waals surface area contributed by atoms with Crippen LogP contribution in [0.1, 0.15) is 17.5 Å². The minimum absolute atomic E-state index is 0.264. The molecule has 0 aliphatic rings. The van der Waals surface area contributed by atoms with Gasteiger partial charge >= 0.3 is 12.1 Å². The number of sulfone groups is 1. The molecule has 1 heterocycles. The molecule has 0 radical (unpaired) electrons. The molecular weight excluding hydrogens is 511 g/mol. The number of alkyl halides is 3. The SMILES string of the molecule is O=C(O)C(CCn1nnc2ccccc2c1=O)S(=O)(=O)Cc1ccc(-c2ccc(C(F)(F)F)cc2)cc1. The molecule has 0 amide bonds. The molecule has 0 bridgehead atoms. The summed E-state index contributed by atoms with van der Waals surface area (Å²) >= 11 is 0. The normalized spacial score (nSPS) is 12.9. The van der Waals surface area contributed by atoms with Crippen molar-refractivity contribution in [2.45, 2.75) is 30.1 Å². The lowest BCUT2D eigenvalue weighted by Crippen LogP contribution is -2.34. The molecule has 1 N–H and O–H groups in total. The molecule has 1 aromatic heterocycles. The smallest absolute Gasteiger partial charge is 0.416 e. The largest absolute Gasteiger partial charge is 0.480 e. The van der Waals surface area contributed by atoms with Crippen molar-refractivity contribution in [3.8, 4) is 11.1 Å². The number of halogens is 3. The van der Waals surface area contributed by atoms with Gasteiger partial charge in [0.1, 0.15) is 5.52 Å². The van der Waals surface area contributed by atoms with Crippen LogP contribution >= 0.6 is 0 Å². The molecule has 0 fully saturated rings. The van der Waals surface area contributed by atoms with E-state index in [2.05, 4.69) is 10.3 Å². The first-order chi connectivity index (χ1) is 17.5. The summed E-state index contributed by atoms with van der Waals surface area (Å²) in [6.45, 7) is -0.264. The highest BCUT2D eigenvalue weighted by atomic mass is 32.2. The van der Waals surface area contributed by atoms with Crippen LogP contribution in [0.25, 0.3) is 22.0 Å². The lowest BCUT2D eigenvalue weighted by molar-refractivity contribution is -0.138. The average Bonchev–Trinajstić information content (AvgIpc) is 2.85. The molecular formula is C25H20F3N3O5S. The van der Waals surface area contributed by atoms with Gasteiger partial charge in [-0.3, -0.25) is 9.59 Å². The molecule has 12 heteroatoms. The van der Waals surface area contributed by atoms with Gasteiger partial charge in [-0.2, -0.15) is 13.2 Å². The average molecular weight is 532 g/mol.